The number of carbonyl (C=O) groups excluding carboxylic acids is 3. The molecule has 2 aromatic rings. The van der Waals surface area contributed by atoms with Crippen LogP contribution in [0.1, 0.15) is 87.3 Å². The van der Waals surface area contributed by atoms with Crippen LogP contribution < -0.4 is 21.3 Å². The van der Waals surface area contributed by atoms with Crippen LogP contribution in [0.4, 0.5) is 10.6 Å². The molecule has 1 aromatic heterocycles. The number of rotatable bonds is 12. The number of ether oxygens (including phenoxy) is 2. The summed E-state index contributed by atoms with van der Waals surface area (Å²) in [6.45, 7) is 8.40. The van der Waals surface area contributed by atoms with Crippen molar-refractivity contribution in [2.45, 2.75) is 93.7 Å². The molecule has 3 heterocycles. The number of aromatic nitrogens is 1. The average Bonchev–Trinajstić information content (AvgIpc) is 3.01. The summed E-state index contributed by atoms with van der Waals surface area (Å²) in [5, 5.41) is 26.0. The number of alkyl carbamates (subject to hydrolysis) is 1. The van der Waals surface area contributed by atoms with E-state index >= 15 is 0 Å². The molecular formula is C34H43N7O5S. The standard InChI is InChI=1S/C34H43N7O5S/c1-5-6-8-13-24-25(18-35)29(39-30(26(24)19-36)47-27(28(37)42)22-11-9-7-10-12-22)41-16-14-23(15-17-41)38-31(43)34(20-45-21-34)40-32(44)46-33(2,3)4/h7,9-12,23,27H,5-6,8,13-17,20-21H2,1-4H3,(H2,37,42)(H,38,43)(H,40,44). The van der Waals surface area contributed by atoms with Gasteiger partial charge in [-0.2, -0.15) is 10.5 Å². The molecule has 2 aliphatic rings. The predicted octanol–water partition coefficient (Wildman–Crippen LogP) is 4.26. The molecular weight excluding hydrogens is 618 g/mol. The summed E-state index contributed by atoms with van der Waals surface area (Å²) in [6.07, 6.45) is 3.66. The van der Waals surface area contributed by atoms with Gasteiger partial charge in [-0.25, -0.2) is 9.78 Å². The number of amides is 3. The first kappa shape index (κ1) is 35.5. The van der Waals surface area contributed by atoms with Crippen LogP contribution in [0.5, 0.6) is 0 Å². The molecule has 1 aromatic carbocycles. The summed E-state index contributed by atoms with van der Waals surface area (Å²) >= 11 is 1.12. The number of nitrogens with one attached hydrogen (secondary N) is 2. The van der Waals surface area contributed by atoms with Crippen LogP contribution in [0.25, 0.3) is 0 Å². The molecule has 0 spiro atoms. The highest BCUT2D eigenvalue weighted by atomic mass is 32.2. The molecule has 2 aliphatic heterocycles. The number of unbranched alkanes of at least 4 members (excludes halogenated alkanes) is 2. The largest absolute Gasteiger partial charge is 0.444 e. The number of anilines is 1. The van der Waals surface area contributed by atoms with E-state index in [1.807, 2.05) is 35.2 Å². The highest BCUT2D eigenvalue weighted by molar-refractivity contribution is 8.00. The number of thioether (sulfide) groups is 1. The Bertz CT molecular complexity index is 1540. The fourth-order valence-electron chi connectivity index (χ4n) is 5.60. The summed E-state index contributed by atoms with van der Waals surface area (Å²) < 4.78 is 10.6. The normalized spacial score (nSPS) is 16.6. The van der Waals surface area contributed by atoms with Gasteiger partial charge in [0.25, 0.3) is 5.91 Å². The average molecular weight is 662 g/mol. The van der Waals surface area contributed by atoms with Crippen LogP contribution in [0.3, 0.4) is 0 Å². The van der Waals surface area contributed by atoms with Crippen molar-refractivity contribution >= 4 is 35.5 Å². The number of primary amides is 1. The number of pyridine rings is 1. The van der Waals surface area contributed by atoms with E-state index < -0.39 is 28.4 Å². The van der Waals surface area contributed by atoms with Gasteiger partial charge in [-0.1, -0.05) is 61.9 Å². The lowest BCUT2D eigenvalue weighted by molar-refractivity contribution is -0.148. The number of benzene rings is 1. The van der Waals surface area contributed by atoms with Crippen molar-refractivity contribution in [3.8, 4) is 12.1 Å². The maximum Gasteiger partial charge on any atom is 0.408 e. The third-order valence-corrected chi connectivity index (χ3v) is 9.35. The fourth-order valence-corrected chi connectivity index (χ4v) is 6.66. The second-order valence-electron chi connectivity index (χ2n) is 12.9. The SMILES string of the molecule is CCCCCc1c(C#N)c(SC(C(N)=O)c2ccccc2)nc(N2CCC(NC(=O)C3(NC(=O)OC(C)(C)C)COC3)CC2)c1C#N. The highest BCUT2D eigenvalue weighted by Gasteiger charge is 2.49. The maximum atomic E-state index is 13.3. The van der Waals surface area contributed by atoms with Crippen LogP contribution in [0.2, 0.25) is 0 Å². The van der Waals surface area contributed by atoms with Crippen molar-refractivity contribution in [2.75, 3.05) is 31.2 Å². The van der Waals surface area contributed by atoms with Gasteiger partial charge in [0.2, 0.25) is 5.91 Å². The molecule has 13 heteroatoms. The minimum atomic E-state index is -1.20. The molecule has 0 radical (unpaired) electrons. The first-order valence-corrected chi connectivity index (χ1v) is 16.8. The fraction of sp³-hybridized carbons (Fsp3) is 0.529. The smallest absolute Gasteiger partial charge is 0.408 e. The molecule has 0 bridgehead atoms. The third-order valence-electron chi connectivity index (χ3n) is 8.09. The van der Waals surface area contributed by atoms with E-state index in [9.17, 15) is 24.9 Å². The summed E-state index contributed by atoms with van der Waals surface area (Å²) in [5.74, 6) is -0.438. The van der Waals surface area contributed by atoms with Gasteiger partial charge in [-0.15, -0.1) is 0 Å². The van der Waals surface area contributed by atoms with Gasteiger partial charge in [-0.05, 0) is 57.6 Å². The molecule has 47 heavy (non-hydrogen) atoms. The van der Waals surface area contributed by atoms with Crippen molar-refractivity contribution in [1.82, 2.24) is 15.6 Å². The Kier molecular flexibility index (Phi) is 11.7. The maximum absolute atomic E-state index is 13.3. The monoisotopic (exact) mass is 661 g/mol. The Morgan fingerprint density at radius 2 is 1.79 bits per heavy atom. The predicted molar refractivity (Wildman–Crippen MR) is 177 cm³/mol. The third kappa shape index (κ3) is 8.73. The van der Waals surface area contributed by atoms with Crippen molar-refractivity contribution in [1.29, 1.82) is 10.5 Å². The number of hydrogen-bond acceptors (Lipinski definition) is 10. The summed E-state index contributed by atoms with van der Waals surface area (Å²) in [6, 6.07) is 13.5. The minimum absolute atomic E-state index is 0.0497. The number of hydrogen-bond donors (Lipinski definition) is 3. The number of nitrogens with zero attached hydrogens (tertiary/aromatic N) is 4. The Balaban J connectivity index is 1.56. The Morgan fingerprint density at radius 1 is 1.13 bits per heavy atom. The van der Waals surface area contributed by atoms with Gasteiger partial charge in [0.05, 0.1) is 24.3 Å². The van der Waals surface area contributed by atoms with Crippen LogP contribution in [-0.4, -0.2) is 66.4 Å². The molecule has 1 unspecified atom stereocenters. The zero-order chi connectivity index (χ0) is 34.2. The van der Waals surface area contributed by atoms with Gasteiger partial charge in [0.1, 0.15) is 33.8 Å². The second kappa shape index (κ2) is 15.5. The Morgan fingerprint density at radius 3 is 2.32 bits per heavy atom. The van der Waals surface area contributed by atoms with Crippen molar-refractivity contribution in [3.63, 3.8) is 0 Å². The van der Waals surface area contributed by atoms with E-state index in [1.54, 1.807) is 20.8 Å². The summed E-state index contributed by atoms with van der Waals surface area (Å²) in [5.41, 5.74) is 5.89. The molecule has 2 saturated heterocycles. The number of nitriles is 2. The molecule has 0 aliphatic carbocycles. The number of carbonyl (C=O) groups is 3. The van der Waals surface area contributed by atoms with Crippen molar-refractivity contribution in [3.05, 3.63) is 52.6 Å². The molecule has 250 valence electrons. The molecule has 0 saturated carbocycles. The number of piperidine rings is 1. The zero-order valence-corrected chi connectivity index (χ0v) is 28.2. The van der Waals surface area contributed by atoms with E-state index in [4.69, 9.17) is 20.2 Å². The lowest BCUT2D eigenvalue weighted by Gasteiger charge is -2.42. The van der Waals surface area contributed by atoms with Crippen molar-refractivity contribution in [2.24, 2.45) is 5.73 Å². The van der Waals surface area contributed by atoms with Crippen LogP contribution in [-0.2, 0) is 25.5 Å². The highest BCUT2D eigenvalue weighted by Crippen LogP contribution is 2.40. The molecule has 4 rings (SSSR count). The Labute approximate surface area is 280 Å². The van der Waals surface area contributed by atoms with Crippen LogP contribution in [0.15, 0.2) is 35.4 Å². The van der Waals surface area contributed by atoms with Crippen molar-refractivity contribution < 1.29 is 23.9 Å². The van der Waals surface area contributed by atoms with E-state index in [0.717, 1.165) is 31.0 Å². The van der Waals surface area contributed by atoms with E-state index in [2.05, 4.69) is 29.7 Å². The van der Waals surface area contributed by atoms with Gasteiger partial charge >= 0.3 is 6.09 Å². The van der Waals surface area contributed by atoms with E-state index in [-0.39, 0.29) is 25.2 Å². The first-order chi connectivity index (χ1) is 22.4. The minimum Gasteiger partial charge on any atom is -0.444 e. The molecule has 4 N–H and O–H groups in total. The van der Waals surface area contributed by atoms with Gasteiger partial charge in [0.15, 0.2) is 5.54 Å². The van der Waals surface area contributed by atoms with Crippen LogP contribution >= 0.6 is 11.8 Å². The summed E-state index contributed by atoms with van der Waals surface area (Å²) in [7, 11) is 0. The number of nitrogens with two attached hydrogens (primary N) is 1. The lowest BCUT2D eigenvalue weighted by atomic mass is 9.94. The van der Waals surface area contributed by atoms with Gasteiger partial charge in [-0.3, -0.25) is 9.59 Å². The van der Waals surface area contributed by atoms with Gasteiger partial charge in [0, 0.05) is 19.1 Å². The van der Waals surface area contributed by atoms with Gasteiger partial charge < -0.3 is 30.7 Å². The zero-order valence-electron chi connectivity index (χ0n) is 27.4. The lowest BCUT2D eigenvalue weighted by Crippen LogP contribution is -2.71. The second-order valence-corrected chi connectivity index (χ2v) is 14.0. The first-order valence-electron chi connectivity index (χ1n) is 15.9. The van der Waals surface area contributed by atoms with E-state index in [0.29, 0.717) is 65.4 Å². The van der Waals surface area contributed by atoms with E-state index in [1.165, 1.54) is 0 Å². The molecule has 12 nitrogen and oxygen atoms in total. The topological polar surface area (TPSA) is 183 Å². The molecule has 1 atom stereocenters. The Hall–Kier alpha value is -4.33. The quantitative estimate of drug-likeness (QED) is 0.219. The van der Waals surface area contributed by atoms with Crippen LogP contribution in [0, 0.1) is 22.7 Å². The summed E-state index contributed by atoms with van der Waals surface area (Å²) in [4.78, 5) is 45.2. The molecule has 3 amide bonds. The molecule has 2 fully saturated rings.